The first-order chi connectivity index (χ1) is 13.8. The van der Waals surface area contributed by atoms with Crippen molar-refractivity contribution < 1.29 is 96.6 Å². The molecule has 0 aliphatic rings. The van der Waals surface area contributed by atoms with E-state index in [1.165, 1.54) is 0 Å². The van der Waals surface area contributed by atoms with E-state index >= 15 is 0 Å². The van der Waals surface area contributed by atoms with Crippen molar-refractivity contribution in [2.45, 2.75) is 53.8 Å². The Balaban J connectivity index is 7.42. The van der Waals surface area contributed by atoms with Crippen LogP contribution in [0.15, 0.2) is 11.7 Å². The third-order valence-corrected chi connectivity index (χ3v) is 3.56. The molecule has 0 spiro atoms. The highest BCUT2D eigenvalue weighted by Gasteiger charge is 2.93. The van der Waals surface area contributed by atoms with Crippen LogP contribution < -0.4 is 0 Å². The topological polar surface area (TPSA) is 0 Å². The lowest BCUT2D eigenvalue weighted by Crippen LogP contribution is -2.72. The highest BCUT2D eigenvalue weighted by molar-refractivity contribution is 5.35. The number of alkyl halides is 20. The second-order valence-electron chi connectivity index (χ2n) is 5.66. The first-order valence-corrected chi connectivity index (χ1v) is 6.66. The van der Waals surface area contributed by atoms with Crippen LogP contribution in [0.4, 0.5) is 96.6 Å². The van der Waals surface area contributed by atoms with Gasteiger partial charge in [-0.2, -0.15) is 92.2 Å². The molecule has 0 saturated heterocycles. The van der Waals surface area contributed by atoms with Gasteiger partial charge in [0.05, 0.1) is 0 Å². The minimum absolute atomic E-state index is 5.54. The summed E-state index contributed by atoms with van der Waals surface area (Å²) in [7, 11) is 0. The maximum Gasteiger partial charge on any atom is 0.460 e. The SMILES string of the molecule is FC(F)=C(C(F)(F)C(F)(F)C(F)(F)C(F)(F)C(F)(F)C(F)(F)F)C(F)(C(F)(F)F)C(F)(F)F. The number of hydrogen-bond donors (Lipinski definition) is 0. The molecule has 0 aromatic heterocycles. The molecule has 22 heteroatoms. The van der Waals surface area contributed by atoms with Gasteiger partial charge >= 0.3 is 53.8 Å². The zero-order valence-electron chi connectivity index (χ0n) is 13.8. The van der Waals surface area contributed by atoms with Crippen LogP contribution in [0.2, 0.25) is 0 Å². The van der Waals surface area contributed by atoms with Gasteiger partial charge in [-0.3, -0.25) is 0 Å². The number of allylic oxidation sites excluding steroid dienone is 1. The first-order valence-electron chi connectivity index (χ1n) is 6.66. The largest absolute Gasteiger partial charge is 0.460 e. The maximum atomic E-state index is 13.5. The third-order valence-electron chi connectivity index (χ3n) is 3.56. The molecule has 0 N–H and O–H groups in total. The monoisotopic (exact) mass is 550 g/mol. The molecule has 0 atom stereocenters. The fraction of sp³-hybridized carbons (Fsp3) is 0.818. The standard InChI is InChI=1S/C11F22/c12-2(13)1(3(14,9(25,26)27)10(28,29)30)4(15,16)5(17,18)6(19,20)7(21,22)8(23,24)11(31,32)33. The van der Waals surface area contributed by atoms with E-state index in [1.54, 1.807) is 0 Å². The Morgan fingerprint density at radius 3 is 0.818 bits per heavy atom. The molecule has 0 fully saturated rings. The average Bonchev–Trinajstić information content (AvgIpc) is 2.49. The van der Waals surface area contributed by atoms with Crippen molar-refractivity contribution in [2.75, 3.05) is 0 Å². The molecule has 0 aromatic rings. The third kappa shape index (κ3) is 4.03. The van der Waals surface area contributed by atoms with Crippen LogP contribution >= 0.6 is 0 Å². The Bertz CT molecular complexity index is 737. The predicted molar refractivity (Wildman–Crippen MR) is 56.0 cm³/mol. The van der Waals surface area contributed by atoms with Crippen LogP contribution in [-0.2, 0) is 0 Å². The minimum Gasteiger partial charge on any atom is -0.218 e. The molecule has 0 heterocycles. The smallest absolute Gasteiger partial charge is 0.218 e. The molecule has 0 unspecified atom stereocenters. The average molecular weight is 550 g/mol. The molecule has 0 nitrogen and oxygen atoms in total. The predicted octanol–water partition coefficient (Wildman–Crippen LogP) is 7.71. The van der Waals surface area contributed by atoms with Gasteiger partial charge in [0.2, 0.25) is 0 Å². The Morgan fingerprint density at radius 2 is 0.606 bits per heavy atom. The number of halogens is 22. The summed E-state index contributed by atoms with van der Waals surface area (Å²) < 4.78 is 279. The summed E-state index contributed by atoms with van der Waals surface area (Å²) in [6, 6.07) is 0. The van der Waals surface area contributed by atoms with Gasteiger partial charge in [-0.25, -0.2) is 4.39 Å². The molecule has 0 saturated carbocycles. The fourth-order valence-electron chi connectivity index (χ4n) is 1.84. The van der Waals surface area contributed by atoms with E-state index < -0.39 is 65.5 Å². The molecule has 0 aliphatic carbocycles. The Kier molecular flexibility index (Phi) is 7.19. The van der Waals surface area contributed by atoms with Crippen molar-refractivity contribution in [1.29, 1.82) is 0 Å². The maximum absolute atomic E-state index is 13.5. The van der Waals surface area contributed by atoms with Crippen LogP contribution in [0, 0.1) is 0 Å². The Labute approximate surface area is 163 Å². The second kappa shape index (κ2) is 7.60. The molecule has 0 rings (SSSR count). The molecule has 0 radical (unpaired) electrons. The van der Waals surface area contributed by atoms with E-state index in [2.05, 4.69) is 0 Å². The molecular formula is C11F22. The Morgan fingerprint density at radius 1 is 0.333 bits per heavy atom. The van der Waals surface area contributed by atoms with Crippen LogP contribution in [0.25, 0.3) is 0 Å². The first kappa shape index (κ1) is 31.2. The molecule has 0 aliphatic heterocycles. The van der Waals surface area contributed by atoms with E-state index in [9.17, 15) is 96.6 Å². The lowest BCUT2D eigenvalue weighted by molar-refractivity contribution is -0.439. The molecule has 198 valence electrons. The fourth-order valence-corrected chi connectivity index (χ4v) is 1.84. The van der Waals surface area contributed by atoms with Gasteiger partial charge in [-0.15, -0.1) is 0 Å². The van der Waals surface area contributed by atoms with Gasteiger partial charge in [0.1, 0.15) is 5.57 Å². The minimum atomic E-state index is -9.08. The van der Waals surface area contributed by atoms with Crippen molar-refractivity contribution in [1.82, 2.24) is 0 Å². The van der Waals surface area contributed by atoms with E-state index in [0.717, 1.165) is 0 Å². The Hall–Kier alpha value is -1.80. The zero-order chi connectivity index (χ0) is 27.7. The molecule has 0 amide bonds. The quantitative estimate of drug-likeness (QED) is 0.298. The van der Waals surface area contributed by atoms with E-state index in [-0.39, 0.29) is 0 Å². The molecular weight excluding hydrogens is 550 g/mol. The highest BCUT2D eigenvalue weighted by Crippen LogP contribution is 2.65. The van der Waals surface area contributed by atoms with Crippen molar-refractivity contribution in [3.8, 4) is 0 Å². The van der Waals surface area contributed by atoms with Crippen LogP contribution in [0.1, 0.15) is 0 Å². The van der Waals surface area contributed by atoms with E-state index in [4.69, 9.17) is 0 Å². The van der Waals surface area contributed by atoms with Gasteiger partial charge in [-0.1, -0.05) is 0 Å². The zero-order valence-corrected chi connectivity index (χ0v) is 13.8. The normalized spacial score (nSPS) is 16.2. The van der Waals surface area contributed by atoms with Crippen LogP contribution in [-0.4, -0.2) is 53.8 Å². The summed E-state index contributed by atoms with van der Waals surface area (Å²) in [6.07, 6.45) is -30.0. The lowest BCUT2D eigenvalue weighted by Gasteiger charge is -2.42. The summed E-state index contributed by atoms with van der Waals surface area (Å²) in [5, 5.41) is 0. The summed E-state index contributed by atoms with van der Waals surface area (Å²) in [5.74, 6) is -44.3. The van der Waals surface area contributed by atoms with Gasteiger partial charge in [-0.05, 0) is 0 Å². The lowest BCUT2D eigenvalue weighted by atomic mass is 9.83. The summed E-state index contributed by atoms with van der Waals surface area (Å²) in [4.78, 5) is 0. The second-order valence-corrected chi connectivity index (χ2v) is 5.66. The van der Waals surface area contributed by atoms with Gasteiger partial charge < -0.3 is 0 Å². The van der Waals surface area contributed by atoms with Gasteiger partial charge in [0.25, 0.3) is 6.08 Å². The van der Waals surface area contributed by atoms with Gasteiger partial charge in [0.15, 0.2) is 0 Å². The number of hydrogen-bond acceptors (Lipinski definition) is 0. The highest BCUT2D eigenvalue weighted by atomic mass is 19.4. The van der Waals surface area contributed by atoms with Crippen LogP contribution in [0.3, 0.4) is 0 Å². The number of rotatable bonds is 6. The van der Waals surface area contributed by atoms with Crippen molar-refractivity contribution in [3.63, 3.8) is 0 Å². The van der Waals surface area contributed by atoms with E-state index in [1.807, 2.05) is 0 Å². The van der Waals surface area contributed by atoms with Crippen molar-refractivity contribution in [3.05, 3.63) is 11.7 Å². The summed E-state index contributed by atoms with van der Waals surface area (Å²) >= 11 is 0. The molecule has 0 bridgehead atoms. The summed E-state index contributed by atoms with van der Waals surface area (Å²) in [6.45, 7) is 0. The van der Waals surface area contributed by atoms with Crippen molar-refractivity contribution in [2.24, 2.45) is 0 Å². The van der Waals surface area contributed by atoms with E-state index in [0.29, 0.717) is 0 Å². The summed E-state index contributed by atoms with van der Waals surface area (Å²) in [5.41, 5.74) is -14.4. The van der Waals surface area contributed by atoms with Crippen molar-refractivity contribution >= 4 is 0 Å². The molecule has 0 aromatic carbocycles. The molecule has 33 heavy (non-hydrogen) atoms. The van der Waals surface area contributed by atoms with Crippen LogP contribution in [0.5, 0.6) is 0 Å². The van der Waals surface area contributed by atoms with Gasteiger partial charge in [0, 0.05) is 0 Å².